The molecule has 3 aliphatic rings. The Kier molecular flexibility index (Phi) is 4.80. The Labute approximate surface area is 155 Å². The number of carbonyl (C=O) groups is 1. The van der Waals surface area contributed by atoms with Gasteiger partial charge in [0.15, 0.2) is 5.69 Å². The van der Waals surface area contributed by atoms with Crippen molar-refractivity contribution in [1.82, 2.24) is 19.6 Å². The summed E-state index contributed by atoms with van der Waals surface area (Å²) in [6, 6.07) is 1.43. The predicted molar refractivity (Wildman–Crippen MR) is 98.8 cm³/mol. The molecule has 3 saturated heterocycles. The molecular weight excluding hydrogens is 336 g/mol. The van der Waals surface area contributed by atoms with Crippen molar-refractivity contribution in [1.29, 1.82) is 0 Å². The van der Waals surface area contributed by atoms with Crippen molar-refractivity contribution in [3.05, 3.63) is 16.9 Å². The maximum Gasteiger partial charge on any atom is 0.275 e. The van der Waals surface area contributed by atoms with Gasteiger partial charge in [-0.25, -0.2) is 0 Å². The molecule has 0 saturated carbocycles. The maximum atomic E-state index is 12.9. The highest BCUT2D eigenvalue weighted by Crippen LogP contribution is 2.40. The lowest BCUT2D eigenvalue weighted by Crippen LogP contribution is -2.62. The normalized spacial score (nSPS) is 32.5. The Bertz CT molecular complexity index is 643. The summed E-state index contributed by atoms with van der Waals surface area (Å²) < 4.78 is 1.62. The average molecular weight is 365 g/mol. The Hall–Kier alpha value is -1.07. The van der Waals surface area contributed by atoms with Crippen LogP contribution in [0, 0.1) is 11.8 Å². The Morgan fingerprint density at radius 1 is 1.32 bits per heavy atom. The summed E-state index contributed by atoms with van der Waals surface area (Å²) >= 11 is 6.21. The van der Waals surface area contributed by atoms with Gasteiger partial charge in [0.05, 0.1) is 5.02 Å². The van der Waals surface area contributed by atoms with Crippen LogP contribution in [-0.2, 0) is 7.05 Å². The second-order valence-electron chi connectivity index (χ2n) is 8.21. The van der Waals surface area contributed by atoms with Crippen LogP contribution in [0.5, 0.6) is 0 Å². The molecule has 6 heteroatoms. The van der Waals surface area contributed by atoms with Gasteiger partial charge in [0.1, 0.15) is 0 Å². The summed E-state index contributed by atoms with van der Waals surface area (Å²) in [6.45, 7) is 5.17. The molecule has 0 unspecified atom stereocenters. The molecule has 0 aromatic carbocycles. The van der Waals surface area contributed by atoms with Crippen LogP contribution < -0.4 is 0 Å². The van der Waals surface area contributed by atoms with Gasteiger partial charge < -0.3 is 4.90 Å². The number of hydrogen-bond donors (Lipinski definition) is 0. The first-order valence-corrected chi connectivity index (χ1v) is 10.2. The third-order valence-corrected chi connectivity index (χ3v) is 6.69. The monoisotopic (exact) mass is 364 g/mol. The summed E-state index contributed by atoms with van der Waals surface area (Å²) in [5.41, 5.74) is 0.411. The second-order valence-corrected chi connectivity index (χ2v) is 8.62. The molecule has 5 nitrogen and oxygen atoms in total. The van der Waals surface area contributed by atoms with Crippen LogP contribution in [0.3, 0.4) is 0 Å². The minimum atomic E-state index is 0.00895. The number of aromatic nitrogens is 2. The predicted octanol–water partition coefficient (Wildman–Crippen LogP) is 3.19. The Morgan fingerprint density at radius 3 is 2.88 bits per heavy atom. The van der Waals surface area contributed by atoms with Crippen molar-refractivity contribution >= 4 is 17.5 Å². The van der Waals surface area contributed by atoms with Gasteiger partial charge >= 0.3 is 0 Å². The van der Waals surface area contributed by atoms with E-state index in [1.165, 1.54) is 38.5 Å². The molecular formula is C19H29ClN4O. The summed E-state index contributed by atoms with van der Waals surface area (Å²) in [4.78, 5) is 17.8. The number of rotatable bonds is 3. The van der Waals surface area contributed by atoms with Crippen molar-refractivity contribution in [3.63, 3.8) is 0 Å². The van der Waals surface area contributed by atoms with Crippen molar-refractivity contribution in [2.24, 2.45) is 18.9 Å². The summed E-state index contributed by atoms with van der Waals surface area (Å²) in [6.07, 6.45) is 9.57. The zero-order valence-electron chi connectivity index (χ0n) is 15.3. The van der Waals surface area contributed by atoms with E-state index in [2.05, 4.69) is 16.9 Å². The third-order valence-electron chi connectivity index (χ3n) is 6.41. The fraction of sp³-hybridized carbons (Fsp3) is 0.789. The lowest BCUT2D eigenvalue weighted by molar-refractivity contribution is -0.0519. The molecule has 0 N–H and O–H groups in total. The number of hydrogen-bond acceptors (Lipinski definition) is 3. The van der Waals surface area contributed by atoms with Gasteiger partial charge in [0.2, 0.25) is 0 Å². The van der Waals surface area contributed by atoms with Crippen molar-refractivity contribution < 1.29 is 4.79 Å². The number of piperidine rings is 3. The number of fused-ring (bicyclic) bond motifs is 4. The Balaban J connectivity index is 1.50. The van der Waals surface area contributed by atoms with E-state index in [0.29, 0.717) is 28.6 Å². The van der Waals surface area contributed by atoms with Gasteiger partial charge in [-0.2, -0.15) is 5.10 Å². The maximum absolute atomic E-state index is 12.9. The first-order chi connectivity index (χ1) is 12.1. The number of likely N-dealkylation sites (tertiary alicyclic amines) is 1. The fourth-order valence-electron chi connectivity index (χ4n) is 5.48. The van der Waals surface area contributed by atoms with Crippen LogP contribution >= 0.6 is 11.6 Å². The molecule has 1 amide bonds. The molecule has 3 aliphatic heterocycles. The van der Waals surface area contributed by atoms with Crippen LogP contribution in [0.2, 0.25) is 5.02 Å². The van der Waals surface area contributed by atoms with Gasteiger partial charge in [0, 0.05) is 45.0 Å². The van der Waals surface area contributed by atoms with E-state index < -0.39 is 0 Å². The van der Waals surface area contributed by atoms with Crippen molar-refractivity contribution in [2.75, 3.05) is 19.6 Å². The first kappa shape index (κ1) is 17.3. The zero-order valence-corrected chi connectivity index (χ0v) is 16.1. The summed E-state index contributed by atoms with van der Waals surface area (Å²) in [7, 11) is 1.81. The van der Waals surface area contributed by atoms with E-state index in [0.717, 1.165) is 25.7 Å². The van der Waals surface area contributed by atoms with Gasteiger partial charge in [-0.05, 0) is 37.5 Å². The van der Waals surface area contributed by atoms with Crippen LogP contribution in [-0.4, -0.2) is 57.2 Å². The first-order valence-electron chi connectivity index (χ1n) is 9.81. The lowest BCUT2D eigenvalue weighted by Gasteiger charge is -2.55. The SMILES string of the molecule is CCC[C@H]1CCC[C@H]2[C@@H]3C[C@@H](CN(C(=O)c4nn(C)cc4Cl)C3)CN12. The molecule has 0 spiro atoms. The molecule has 4 heterocycles. The number of halogens is 1. The van der Waals surface area contributed by atoms with Crippen LogP contribution in [0.25, 0.3) is 0 Å². The molecule has 0 radical (unpaired) electrons. The van der Waals surface area contributed by atoms with Crippen LogP contribution in [0.15, 0.2) is 6.20 Å². The van der Waals surface area contributed by atoms with Crippen LogP contribution in [0.1, 0.15) is 55.9 Å². The molecule has 25 heavy (non-hydrogen) atoms. The van der Waals surface area contributed by atoms with Gasteiger partial charge in [-0.15, -0.1) is 0 Å². The fourth-order valence-corrected chi connectivity index (χ4v) is 5.73. The van der Waals surface area contributed by atoms with Gasteiger partial charge in [-0.1, -0.05) is 31.4 Å². The van der Waals surface area contributed by atoms with E-state index in [1.807, 2.05) is 4.90 Å². The molecule has 0 aliphatic carbocycles. The van der Waals surface area contributed by atoms with E-state index in [9.17, 15) is 4.79 Å². The van der Waals surface area contributed by atoms with Gasteiger partial charge in [-0.3, -0.25) is 14.4 Å². The van der Waals surface area contributed by atoms with E-state index in [-0.39, 0.29) is 5.91 Å². The van der Waals surface area contributed by atoms with Crippen LogP contribution in [0.4, 0.5) is 0 Å². The molecule has 4 rings (SSSR count). The topological polar surface area (TPSA) is 41.4 Å². The minimum Gasteiger partial charge on any atom is -0.337 e. The highest BCUT2D eigenvalue weighted by molar-refractivity contribution is 6.33. The molecule has 1 aromatic heterocycles. The lowest BCUT2D eigenvalue weighted by atomic mass is 9.74. The molecule has 1 aromatic rings. The van der Waals surface area contributed by atoms with E-state index in [4.69, 9.17) is 11.6 Å². The average Bonchev–Trinajstić information content (AvgIpc) is 2.93. The smallest absolute Gasteiger partial charge is 0.275 e. The van der Waals surface area contributed by atoms with E-state index >= 15 is 0 Å². The van der Waals surface area contributed by atoms with Crippen molar-refractivity contribution in [2.45, 2.75) is 57.5 Å². The number of nitrogens with zero attached hydrogens (tertiary/aromatic N) is 4. The Morgan fingerprint density at radius 2 is 2.16 bits per heavy atom. The van der Waals surface area contributed by atoms with E-state index in [1.54, 1.807) is 17.9 Å². The minimum absolute atomic E-state index is 0.00895. The summed E-state index contributed by atoms with van der Waals surface area (Å²) in [5.74, 6) is 1.21. The zero-order chi connectivity index (χ0) is 17.6. The second kappa shape index (κ2) is 6.92. The number of amides is 1. The molecule has 138 valence electrons. The standard InChI is InChI=1S/C19H29ClN4O/c1-3-5-15-6-4-7-17-14-8-13(10-24(15)17)9-23(11-14)19(25)18-16(20)12-22(2)21-18/h12-15,17H,3-11H2,1-2H3/t13-,14+,15-,17-/m0/s1. The highest BCUT2D eigenvalue weighted by Gasteiger charge is 2.45. The quantitative estimate of drug-likeness (QED) is 0.827. The largest absolute Gasteiger partial charge is 0.337 e. The highest BCUT2D eigenvalue weighted by atomic mass is 35.5. The molecule has 2 bridgehead atoms. The molecule has 3 fully saturated rings. The third kappa shape index (κ3) is 3.21. The number of carbonyl (C=O) groups excluding carboxylic acids is 1. The number of aryl methyl sites for hydroxylation is 1. The summed E-state index contributed by atoms with van der Waals surface area (Å²) in [5, 5.41) is 4.74. The molecule has 4 atom stereocenters. The van der Waals surface area contributed by atoms with Gasteiger partial charge in [0.25, 0.3) is 5.91 Å². The van der Waals surface area contributed by atoms with Crippen molar-refractivity contribution in [3.8, 4) is 0 Å².